The van der Waals surface area contributed by atoms with Gasteiger partial charge in [0.1, 0.15) is 11.5 Å². The lowest BCUT2D eigenvalue weighted by Crippen LogP contribution is -2.10. The average Bonchev–Trinajstić information content (AvgIpc) is 2.59. The summed E-state index contributed by atoms with van der Waals surface area (Å²) in [6, 6.07) is 9.03. The first kappa shape index (κ1) is 18.7. The summed E-state index contributed by atoms with van der Waals surface area (Å²) in [5, 5.41) is 0.646. The van der Waals surface area contributed by atoms with Gasteiger partial charge in [-0.1, -0.05) is 18.7 Å². The van der Waals surface area contributed by atoms with Crippen molar-refractivity contribution in [3.05, 3.63) is 46.4 Å². The molecule has 0 radical (unpaired) electrons. The van der Waals surface area contributed by atoms with Gasteiger partial charge in [-0.2, -0.15) is 11.8 Å². The average molecular weight is 367 g/mol. The number of hydrogen-bond acceptors (Lipinski definition) is 6. The normalized spacial score (nSPS) is 10.6. The maximum absolute atomic E-state index is 11.7. The highest BCUT2D eigenvalue weighted by Crippen LogP contribution is 2.18. The fourth-order valence-electron chi connectivity index (χ4n) is 1.92. The van der Waals surface area contributed by atoms with Crippen molar-refractivity contribution in [2.45, 2.75) is 24.3 Å². The maximum atomic E-state index is 11.7. The van der Waals surface area contributed by atoms with Gasteiger partial charge in [-0.15, -0.1) is 0 Å². The zero-order chi connectivity index (χ0) is 17.2. The van der Waals surface area contributed by atoms with E-state index in [-0.39, 0.29) is 5.56 Å². The van der Waals surface area contributed by atoms with E-state index in [2.05, 4.69) is 16.9 Å². The van der Waals surface area contributed by atoms with Crippen molar-refractivity contribution in [3.8, 4) is 11.5 Å². The number of aromatic nitrogens is 2. The largest absolute Gasteiger partial charge is 0.497 e. The van der Waals surface area contributed by atoms with Crippen LogP contribution in [0.3, 0.4) is 0 Å². The first-order chi connectivity index (χ1) is 11.7. The molecule has 1 N–H and O–H groups in total. The van der Waals surface area contributed by atoms with Gasteiger partial charge in [-0.25, -0.2) is 4.98 Å². The maximum Gasteiger partial charge on any atom is 0.251 e. The fraction of sp³-hybridized carbons (Fsp3) is 0.412. The van der Waals surface area contributed by atoms with Gasteiger partial charge in [0.05, 0.1) is 19.4 Å². The van der Waals surface area contributed by atoms with Crippen LogP contribution in [0.4, 0.5) is 0 Å². The lowest BCUT2D eigenvalue weighted by Gasteiger charge is -2.07. The minimum Gasteiger partial charge on any atom is -0.497 e. The van der Waals surface area contributed by atoms with Crippen LogP contribution in [0.2, 0.25) is 0 Å². The highest BCUT2D eigenvalue weighted by atomic mass is 32.2. The summed E-state index contributed by atoms with van der Waals surface area (Å²) in [5.41, 5.74) is 0.728. The molecule has 1 aromatic carbocycles. The Labute approximate surface area is 150 Å². The van der Waals surface area contributed by atoms with Gasteiger partial charge in [0, 0.05) is 17.6 Å². The molecule has 0 unspecified atom stereocenters. The molecule has 2 rings (SSSR count). The van der Waals surface area contributed by atoms with Crippen molar-refractivity contribution in [1.82, 2.24) is 9.97 Å². The second kappa shape index (κ2) is 10.3. The summed E-state index contributed by atoms with van der Waals surface area (Å²) in [5.74, 6) is 4.15. The molecule has 0 fully saturated rings. The SMILES string of the molecule is CCCSCc1cc(=O)[nH]c(SCCOc2ccc(OC)cc2)n1. The highest BCUT2D eigenvalue weighted by molar-refractivity contribution is 7.99. The second-order valence-corrected chi connectivity index (χ2v) is 7.16. The number of nitrogens with zero attached hydrogens (tertiary/aromatic N) is 1. The molecule has 0 aliphatic heterocycles. The quantitative estimate of drug-likeness (QED) is 0.394. The number of H-pyrrole nitrogens is 1. The molecule has 0 amide bonds. The molecule has 0 saturated heterocycles. The standard InChI is InChI=1S/C17H22N2O3S2/c1-3-9-23-12-13-11-16(20)19-17(18-13)24-10-8-22-15-6-4-14(21-2)5-7-15/h4-7,11H,3,8-10,12H2,1-2H3,(H,18,19,20). The Kier molecular flexibility index (Phi) is 8.04. The molecule has 0 atom stereocenters. The van der Waals surface area contributed by atoms with Crippen molar-refractivity contribution in [2.24, 2.45) is 0 Å². The third kappa shape index (κ3) is 6.49. The Hall–Kier alpha value is -1.60. The third-order valence-corrected chi connectivity index (χ3v) is 5.06. The van der Waals surface area contributed by atoms with Crippen LogP contribution in [0, 0.1) is 0 Å². The number of nitrogens with one attached hydrogen (secondary N) is 1. The first-order valence-corrected chi connectivity index (χ1v) is 9.93. The molecule has 1 aromatic heterocycles. The van der Waals surface area contributed by atoms with E-state index < -0.39 is 0 Å². The highest BCUT2D eigenvalue weighted by Gasteiger charge is 2.03. The van der Waals surface area contributed by atoms with Gasteiger partial charge in [0.25, 0.3) is 5.56 Å². The van der Waals surface area contributed by atoms with E-state index in [9.17, 15) is 4.79 Å². The summed E-state index contributed by atoms with van der Waals surface area (Å²) in [7, 11) is 1.63. The molecule has 1 heterocycles. The van der Waals surface area contributed by atoms with Crippen LogP contribution in [0.25, 0.3) is 0 Å². The van der Waals surface area contributed by atoms with Crippen LogP contribution in [0.15, 0.2) is 40.3 Å². The number of benzene rings is 1. The molecule has 2 aromatic rings. The van der Waals surface area contributed by atoms with E-state index in [1.165, 1.54) is 11.8 Å². The second-order valence-electron chi connectivity index (χ2n) is 4.97. The van der Waals surface area contributed by atoms with Crippen molar-refractivity contribution in [1.29, 1.82) is 0 Å². The Balaban J connectivity index is 1.79. The van der Waals surface area contributed by atoms with Gasteiger partial charge in [0.15, 0.2) is 5.16 Å². The Morgan fingerprint density at radius 3 is 2.62 bits per heavy atom. The van der Waals surface area contributed by atoms with Crippen molar-refractivity contribution in [2.75, 3.05) is 25.2 Å². The van der Waals surface area contributed by atoms with E-state index in [1.54, 1.807) is 24.9 Å². The molecule has 0 aliphatic carbocycles. The monoisotopic (exact) mass is 366 g/mol. The molecule has 0 bridgehead atoms. The van der Waals surface area contributed by atoms with Crippen molar-refractivity contribution >= 4 is 23.5 Å². The fourth-order valence-corrected chi connectivity index (χ4v) is 3.42. The summed E-state index contributed by atoms with van der Waals surface area (Å²) >= 11 is 3.28. The van der Waals surface area contributed by atoms with Crippen LogP contribution < -0.4 is 15.0 Å². The number of rotatable bonds is 10. The number of thioether (sulfide) groups is 2. The van der Waals surface area contributed by atoms with Gasteiger partial charge in [-0.3, -0.25) is 4.79 Å². The van der Waals surface area contributed by atoms with Crippen LogP contribution in [0.1, 0.15) is 19.0 Å². The Morgan fingerprint density at radius 1 is 1.17 bits per heavy atom. The van der Waals surface area contributed by atoms with Gasteiger partial charge >= 0.3 is 0 Å². The van der Waals surface area contributed by atoms with Crippen LogP contribution in [-0.4, -0.2) is 35.2 Å². The minimum absolute atomic E-state index is 0.101. The number of hydrogen-bond donors (Lipinski definition) is 1. The molecular formula is C17H22N2O3S2. The van der Waals surface area contributed by atoms with Crippen molar-refractivity contribution < 1.29 is 9.47 Å². The van der Waals surface area contributed by atoms with Crippen LogP contribution in [-0.2, 0) is 5.75 Å². The summed E-state index contributed by atoms with van der Waals surface area (Å²) in [6.45, 7) is 2.68. The smallest absolute Gasteiger partial charge is 0.251 e. The molecule has 130 valence electrons. The minimum atomic E-state index is -0.101. The molecular weight excluding hydrogens is 344 g/mol. The predicted octanol–water partition coefficient (Wildman–Crippen LogP) is 3.59. The Morgan fingerprint density at radius 2 is 1.92 bits per heavy atom. The molecule has 0 spiro atoms. The van der Waals surface area contributed by atoms with E-state index in [0.717, 1.165) is 35.1 Å². The topological polar surface area (TPSA) is 64.2 Å². The van der Waals surface area contributed by atoms with Crippen molar-refractivity contribution in [3.63, 3.8) is 0 Å². The first-order valence-electron chi connectivity index (χ1n) is 7.79. The lowest BCUT2D eigenvalue weighted by molar-refractivity contribution is 0.342. The molecule has 0 saturated carbocycles. The van der Waals surface area contributed by atoms with E-state index >= 15 is 0 Å². The van der Waals surface area contributed by atoms with E-state index in [1.807, 2.05) is 24.3 Å². The lowest BCUT2D eigenvalue weighted by atomic mass is 10.3. The molecule has 24 heavy (non-hydrogen) atoms. The van der Waals surface area contributed by atoms with Gasteiger partial charge < -0.3 is 14.5 Å². The number of ether oxygens (including phenoxy) is 2. The van der Waals surface area contributed by atoms with E-state index in [0.29, 0.717) is 17.5 Å². The van der Waals surface area contributed by atoms with Gasteiger partial charge in [0.2, 0.25) is 0 Å². The summed E-state index contributed by atoms with van der Waals surface area (Å²) < 4.78 is 10.8. The zero-order valence-corrected chi connectivity index (χ0v) is 15.5. The number of methoxy groups -OCH3 is 1. The zero-order valence-electron chi connectivity index (χ0n) is 13.9. The number of aromatic amines is 1. The van der Waals surface area contributed by atoms with E-state index in [4.69, 9.17) is 9.47 Å². The summed E-state index contributed by atoms with van der Waals surface area (Å²) in [4.78, 5) is 19.0. The van der Waals surface area contributed by atoms with Gasteiger partial charge in [-0.05, 0) is 36.4 Å². The summed E-state index contributed by atoms with van der Waals surface area (Å²) in [6.07, 6.45) is 1.12. The molecule has 7 heteroatoms. The predicted molar refractivity (Wildman–Crippen MR) is 101 cm³/mol. The molecule has 0 aliphatic rings. The van der Waals surface area contributed by atoms with Crippen LogP contribution >= 0.6 is 23.5 Å². The van der Waals surface area contributed by atoms with Crippen LogP contribution in [0.5, 0.6) is 11.5 Å². The third-order valence-electron chi connectivity index (χ3n) is 3.02. The Bertz CT molecular complexity index is 674. The molecule has 5 nitrogen and oxygen atoms in total.